The van der Waals surface area contributed by atoms with E-state index in [2.05, 4.69) is 5.16 Å². The standard InChI is InChI=1S/C6H3NO3S/c8-5(9)4-1-3-2-7-10-6(3)11-4/h1-2H,(H,8,9). The lowest BCUT2D eigenvalue weighted by Gasteiger charge is -1.79. The smallest absolute Gasteiger partial charge is 0.346 e. The van der Waals surface area contributed by atoms with Crippen LogP contribution < -0.4 is 0 Å². The molecule has 2 heterocycles. The van der Waals surface area contributed by atoms with Crippen LogP contribution in [0.2, 0.25) is 0 Å². The zero-order chi connectivity index (χ0) is 7.84. The summed E-state index contributed by atoms with van der Waals surface area (Å²) in [5.74, 6) is -0.929. The highest BCUT2D eigenvalue weighted by molar-refractivity contribution is 7.20. The zero-order valence-corrected chi connectivity index (χ0v) is 6.09. The van der Waals surface area contributed by atoms with Gasteiger partial charge in [-0.2, -0.15) is 0 Å². The fraction of sp³-hybridized carbons (Fsp3) is 0. The lowest BCUT2D eigenvalue weighted by atomic mass is 10.4. The molecule has 0 spiro atoms. The second-order valence-electron chi connectivity index (χ2n) is 1.98. The molecule has 2 aromatic heterocycles. The Bertz CT molecular complexity index is 374. The fourth-order valence-corrected chi connectivity index (χ4v) is 1.57. The van der Waals surface area contributed by atoms with Gasteiger partial charge in [-0.15, -0.1) is 0 Å². The summed E-state index contributed by atoms with van der Waals surface area (Å²) in [6.45, 7) is 0. The van der Waals surface area contributed by atoms with E-state index in [4.69, 9.17) is 9.63 Å². The molecule has 0 saturated heterocycles. The summed E-state index contributed by atoms with van der Waals surface area (Å²) in [7, 11) is 0. The largest absolute Gasteiger partial charge is 0.477 e. The van der Waals surface area contributed by atoms with Crippen molar-refractivity contribution in [3.63, 3.8) is 0 Å². The Morgan fingerprint density at radius 2 is 2.55 bits per heavy atom. The lowest BCUT2D eigenvalue weighted by molar-refractivity contribution is 0.0702. The van der Waals surface area contributed by atoms with Gasteiger partial charge >= 0.3 is 5.97 Å². The van der Waals surface area contributed by atoms with E-state index in [1.54, 1.807) is 6.07 Å². The van der Waals surface area contributed by atoms with E-state index in [-0.39, 0.29) is 4.88 Å². The molecule has 0 radical (unpaired) electrons. The highest BCUT2D eigenvalue weighted by Gasteiger charge is 2.10. The van der Waals surface area contributed by atoms with Crippen LogP contribution in [0.5, 0.6) is 0 Å². The third kappa shape index (κ3) is 0.894. The summed E-state index contributed by atoms with van der Waals surface area (Å²) in [6, 6.07) is 1.54. The van der Waals surface area contributed by atoms with E-state index in [1.165, 1.54) is 6.20 Å². The van der Waals surface area contributed by atoms with Gasteiger partial charge in [-0.25, -0.2) is 4.79 Å². The number of thiophene rings is 1. The molecule has 56 valence electrons. The van der Waals surface area contributed by atoms with Gasteiger partial charge in [-0.3, -0.25) is 0 Å². The van der Waals surface area contributed by atoms with E-state index in [0.717, 1.165) is 16.7 Å². The molecule has 0 aromatic carbocycles. The molecule has 0 aliphatic rings. The number of rotatable bonds is 1. The number of hydrogen-bond acceptors (Lipinski definition) is 4. The molecule has 2 aromatic rings. The molecule has 0 aliphatic heterocycles. The molecular weight excluding hydrogens is 166 g/mol. The molecule has 1 N–H and O–H groups in total. The summed E-state index contributed by atoms with van der Waals surface area (Å²) in [5.41, 5.74) is 0. The van der Waals surface area contributed by atoms with E-state index in [1.807, 2.05) is 0 Å². The minimum Gasteiger partial charge on any atom is -0.477 e. The molecule has 0 saturated carbocycles. The molecular formula is C6H3NO3S. The highest BCUT2D eigenvalue weighted by Crippen LogP contribution is 2.24. The maximum Gasteiger partial charge on any atom is 0.346 e. The summed E-state index contributed by atoms with van der Waals surface area (Å²) in [6.07, 6.45) is 1.50. The van der Waals surface area contributed by atoms with Crippen LogP contribution in [-0.4, -0.2) is 16.2 Å². The van der Waals surface area contributed by atoms with Crippen molar-refractivity contribution in [3.05, 3.63) is 17.1 Å². The first-order chi connectivity index (χ1) is 5.27. The van der Waals surface area contributed by atoms with Crippen molar-refractivity contribution < 1.29 is 14.4 Å². The Kier molecular flexibility index (Phi) is 1.19. The Morgan fingerprint density at radius 3 is 3.18 bits per heavy atom. The highest BCUT2D eigenvalue weighted by atomic mass is 32.1. The monoisotopic (exact) mass is 169 g/mol. The van der Waals surface area contributed by atoms with Gasteiger partial charge < -0.3 is 9.63 Å². The Morgan fingerprint density at radius 1 is 1.73 bits per heavy atom. The van der Waals surface area contributed by atoms with Gasteiger partial charge in [0.05, 0.1) is 11.6 Å². The van der Waals surface area contributed by atoms with Crippen LogP contribution in [0, 0.1) is 0 Å². The van der Waals surface area contributed by atoms with Gasteiger partial charge in [-0.1, -0.05) is 16.5 Å². The van der Waals surface area contributed by atoms with Crippen molar-refractivity contribution in [2.45, 2.75) is 0 Å². The van der Waals surface area contributed by atoms with Gasteiger partial charge in [0, 0.05) is 0 Å². The average molecular weight is 169 g/mol. The number of carboxylic acids is 1. The van der Waals surface area contributed by atoms with Crippen molar-refractivity contribution in [1.29, 1.82) is 0 Å². The number of aromatic carboxylic acids is 1. The number of fused-ring (bicyclic) bond motifs is 1. The number of carbonyl (C=O) groups is 1. The van der Waals surface area contributed by atoms with E-state index in [9.17, 15) is 4.79 Å². The van der Waals surface area contributed by atoms with Crippen molar-refractivity contribution >= 4 is 27.6 Å². The van der Waals surface area contributed by atoms with Gasteiger partial charge in [0.25, 0.3) is 0 Å². The fourth-order valence-electron chi connectivity index (χ4n) is 0.786. The first-order valence-electron chi connectivity index (χ1n) is 2.85. The number of nitrogens with zero attached hydrogens (tertiary/aromatic N) is 1. The number of hydrogen-bond donors (Lipinski definition) is 1. The molecule has 0 aliphatic carbocycles. The molecule has 4 nitrogen and oxygen atoms in total. The Balaban J connectivity index is 2.67. The second-order valence-corrected chi connectivity index (χ2v) is 3.00. The first kappa shape index (κ1) is 6.36. The third-order valence-corrected chi connectivity index (χ3v) is 2.27. The van der Waals surface area contributed by atoms with Crippen LogP contribution in [0.4, 0.5) is 0 Å². The van der Waals surface area contributed by atoms with E-state index >= 15 is 0 Å². The van der Waals surface area contributed by atoms with E-state index < -0.39 is 5.97 Å². The maximum atomic E-state index is 10.4. The Labute approximate surface area is 65.0 Å². The number of carboxylic acid groups (broad SMARTS) is 1. The molecule has 5 heteroatoms. The molecule has 2 rings (SSSR count). The van der Waals surface area contributed by atoms with Crippen LogP contribution in [0.1, 0.15) is 9.67 Å². The molecule has 0 amide bonds. The Hall–Kier alpha value is -1.36. The second kappa shape index (κ2) is 2.06. The van der Waals surface area contributed by atoms with Gasteiger partial charge in [-0.05, 0) is 6.07 Å². The van der Waals surface area contributed by atoms with Crippen LogP contribution in [0.3, 0.4) is 0 Å². The zero-order valence-electron chi connectivity index (χ0n) is 5.27. The van der Waals surface area contributed by atoms with Crippen molar-refractivity contribution in [1.82, 2.24) is 5.16 Å². The molecule has 0 bridgehead atoms. The van der Waals surface area contributed by atoms with Gasteiger partial charge in [0.2, 0.25) is 4.90 Å². The molecule has 11 heavy (non-hydrogen) atoms. The summed E-state index contributed by atoms with van der Waals surface area (Å²) in [4.78, 5) is 11.3. The average Bonchev–Trinajstić information content (AvgIpc) is 2.40. The predicted octanol–water partition coefficient (Wildman–Crippen LogP) is 1.59. The topological polar surface area (TPSA) is 63.3 Å². The van der Waals surface area contributed by atoms with Crippen molar-refractivity contribution in [2.75, 3.05) is 0 Å². The quantitative estimate of drug-likeness (QED) is 0.704. The molecule has 0 unspecified atom stereocenters. The number of aromatic nitrogens is 1. The predicted molar refractivity (Wildman–Crippen MR) is 38.8 cm³/mol. The molecule has 0 atom stereocenters. The summed E-state index contributed by atoms with van der Waals surface area (Å²) in [5, 5.41) is 12.8. The van der Waals surface area contributed by atoms with Gasteiger partial charge in [0.1, 0.15) is 4.88 Å². The van der Waals surface area contributed by atoms with Crippen molar-refractivity contribution in [2.24, 2.45) is 0 Å². The SMILES string of the molecule is O=C(O)c1cc2cnoc2s1. The minimum atomic E-state index is -0.929. The lowest BCUT2D eigenvalue weighted by Crippen LogP contribution is -1.89. The van der Waals surface area contributed by atoms with Gasteiger partial charge in [0.15, 0.2) is 0 Å². The van der Waals surface area contributed by atoms with Crippen LogP contribution in [0.15, 0.2) is 16.8 Å². The minimum absolute atomic E-state index is 0.279. The normalized spacial score (nSPS) is 10.5. The maximum absolute atomic E-state index is 10.4. The van der Waals surface area contributed by atoms with Crippen LogP contribution in [-0.2, 0) is 0 Å². The third-order valence-electron chi connectivity index (χ3n) is 1.26. The van der Waals surface area contributed by atoms with Crippen molar-refractivity contribution in [3.8, 4) is 0 Å². The van der Waals surface area contributed by atoms with Crippen LogP contribution >= 0.6 is 11.3 Å². The summed E-state index contributed by atoms with van der Waals surface area (Å²) < 4.78 is 4.75. The molecule has 0 fully saturated rings. The summed E-state index contributed by atoms with van der Waals surface area (Å²) >= 11 is 1.08. The first-order valence-corrected chi connectivity index (χ1v) is 3.66. The van der Waals surface area contributed by atoms with E-state index in [0.29, 0.717) is 4.90 Å². The van der Waals surface area contributed by atoms with Crippen LogP contribution in [0.25, 0.3) is 10.3 Å².